The molecule has 2 aliphatic rings. The number of aliphatic carboxylic acids is 1. The monoisotopic (exact) mass is 540 g/mol. The molecule has 0 aromatic heterocycles. The smallest absolute Gasteiger partial charge is 0.550 e. The van der Waals surface area contributed by atoms with Crippen LogP contribution in [-0.4, -0.2) is 61.3 Å². The van der Waals surface area contributed by atoms with Crippen LogP contribution in [0.4, 0.5) is 0 Å². The molecule has 0 aromatic rings. The van der Waals surface area contributed by atoms with Gasteiger partial charge in [-0.2, -0.15) is 0 Å². The van der Waals surface area contributed by atoms with Gasteiger partial charge in [0.25, 0.3) is 0 Å². The zero-order valence-electron chi connectivity index (χ0n) is 23.2. The number of carbonyl (C=O) groups excluding carboxylic acids is 2. The molecule has 0 bridgehead atoms. The van der Waals surface area contributed by atoms with E-state index < -0.39 is 44.9 Å². The number of aliphatic hydroxyl groups excluding tert-OH is 2. The summed E-state index contributed by atoms with van der Waals surface area (Å²) in [5, 5.41) is 31.1. The fraction of sp³-hybridized carbons (Fsp3) is 0.923. The Morgan fingerprint density at radius 3 is 2.39 bits per heavy atom. The van der Waals surface area contributed by atoms with Gasteiger partial charge in [0.1, 0.15) is 6.10 Å². The molecule has 0 amide bonds. The van der Waals surface area contributed by atoms with Gasteiger partial charge in [-0.3, -0.25) is 9.00 Å². The van der Waals surface area contributed by atoms with Gasteiger partial charge in [-0.05, 0) is 76.4 Å². The summed E-state index contributed by atoms with van der Waals surface area (Å²) >= 11 is 1.62. The number of aliphatic hydroxyl groups is 2. The first-order chi connectivity index (χ1) is 16.3. The average Bonchev–Trinajstić information content (AvgIpc) is 2.77. The van der Waals surface area contributed by atoms with Gasteiger partial charge in [0.05, 0.1) is 21.7 Å². The molecular weight excluding hydrogens is 495 g/mol. The fourth-order valence-corrected chi connectivity index (χ4v) is 8.50. The van der Waals surface area contributed by atoms with Crippen LogP contribution in [0.5, 0.6) is 0 Å². The summed E-state index contributed by atoms with van der Waals surface area (Å²) in [6.45, 7) is 7.97. The third-order valence-electron chi connectivity index (χ3n) is 8.65. The molecule has 10 heteroatoms. The summed E-state index contributed by atoms with van der Waals surface area (Å²) < 4.78 is 18.7. The molecule has 2 fully saturated rings. The molecule has 2 N–H and O–H groups in total. The summed E-state index contributed by atoms with van der Waals surface area (Å²) in [5.74, 6) is -0.546. The van der Waals surface area contributed by atoms with E-state index in [0.717, 1.165) is 19.3 Å². The minimum Gasteiger partial charge on any atom is -0.550 e. The van der Waals surface area contributed by atoms with Gasteiger partial charge in [0.15, 0.2) is 0 Å². The second-order valence-corrected chi connectivity index (χ2v) is 14.5. The Balaban J connectivity index is 0.00000648. The predicted molar refractivity (Wildman–Crippen MR) is 138 cm³/mol. The van der Waals surface area contributed by atoms with E-state index in [2.05, 4.69) is 6.92 Å². The second kappa shape index (κ2) is 14.4. The molecule has 2 aliphatic carbocycles. The third kappa shape index (κ3) is 8.48. The summed E-state index contributed by atoms with van der Waals surface area (Å²) in [7, 11) is -1.08. The van der Waals surface area contributed by atoms with E-state index >= 15 is 0 Å². The number of carboxylic acids is 1. The minimum atomic E-state index is -1.33. The Kier molecular flexibility index (Phi) is 13.6. The number of rotatable bonds is 12. The molecule has 7 nitrogen and oxygen atoms in total. The molecule has 0 aromatic carbocycles. The molecule has 2 rings (SSSR count). The normalized spacial score (nSPS) is 32.9. The number of hydrogen-bond acceptors (Lipinski definition) is 8. The van der Waals surface area contributed by atoms with Crippen molar-refractivity contribution < 1.29 is 52.7 Å². The molecule has 2 unspecified atom stereocenters. The van der Waals surface area contributed by atoms with Gasteiger partial charge in [-0.1, -0.05) is 20.3 Å². The SMILES string of the molecule is CCC(C)(C)C(=O)O[C@H]1CC(SC)(S(C)=O)C[C@@H]2CC[C@H](C)[C@H](CC[C@@H](O)C[C@H](O)CC(=O)[O-])[C@H]21.[Li+]. The average molecular weight is 541 g/mol. The summed E-state index contributed by atoms with van der Waals surface area (Å²) in [5.41, 5.74) is -0.596. The van der Waals surface area contributed by atoms with E-state index in [1.54, 1.807) is 18.0 Å². The first-order valence-corrected chi connectivity index (χ1v) is 15.7. The zero-order chi connectivity index (χ0) is 26.6. The minimum absolute atomic E-state index is 0. The number of esters is 1. The van der Waals surface area contributed by atoms with Crippen molar-refractivity contribution in [3.63, 3.8) is 0 Å². The third-order valence-corrected chi connectivity index (χ3v) is 12.3. The van der Waals surface area contributed by atoms with E-state index in [-0.39, 0.29) is 55.1 Å². The van der Waals surface area contributed by atoms with Crippen LogP contribution < -0.4 is 24.0 Å². The molecule has 0 radical (unpaired) electrons. The van der Waals surface area contributed by atoms with E-state index in [1.807, 2.05) is 27.0 Å². The van der Waals surface area contributed by atoms with Crippen LogP contribution in [0.3, 0.4) is 0 Å². The first-order valence-electron chi connectivity index (χ1n) is 12.9. The van der Waals surface area contributed by atoms with Crippen LogP contribution in [0.25, 0.3) is 0 Å². The molecule has 9 atom stereocenters. The van der Waals surface area contributed by atoms with Crippen LogP contribution >= 0.6 is 11.8 Å². The molecule has 204 valence electrons. The largest absolute Gasteiger partial charge is 1.00 e. The van der Waals surface area contributed by atoms with E-state index in [9.17, 15) is 29.1 Å². The number of hydrogen-bond donors (Lipinski definition) is 2. The van der Waals surface area contributed by atoms with Crippen molar-refractivity contribution in [3.8, 4) is 0 Å². The molecule has 0 spiro atoms. The van der Waals surface area contributed by atoms with Crippen LogP contribution in [0.15, 0.2) is 0 Å². The zero-order valence-corrected chi connectivity index (χ0v) is 24.8. The van der Waals surface area contributed by atoms with E-state index in [0.29, 0.717) is 31.6 Å². The maximum absolute atomic E-state index is 13.1. The predicted octanol–water partition coefficient (Wildman–Crippen LogP) is -0.119. The van der Waals surface area contributed by atoms with Crippen LogP contribution in [0, 0.1) is 29.1 Å². The van der Waals surface area contributed by atoms with Gasteiger partial charge < -0.3 is 24.9 Å². The number of fused-ring (bicyclic) bond motifs is 1. The van der Waals surface area contributed by atoms with Crippen molar-refractivity contribution in [3.05, 3.63) is 0 Å². The van der Waals surface area contributed by atoms with E-state index in [4.69, 9.17) is 4.74 Å². The summed E-state index contributed by atoms with van der Waals surface area (Å²) in [6.07, 6.45) is 6.19. The molecule has 0 saturated heterocycles. The van der Waals surface area contributed by atoms with Crippen molar-refractivity contribution >= 4 is 34.5 Å². The van der Waals surface area contributed by atoms with Crippen LogP contribution in [0.2, 0.25) is 0 Å². The van der Waals surface area contributed by atoms with Gasteiger partial charge in [0, 0.05) is 41.8 Å². The maximum atomic E-state index is 13.1. The molecule has 36 heavy (non-hydrogen) atoms. The number of thioether (sulfide) groups is 1. The standard InChI is InChI=1S/C26H46O7S2.Li/c1-7-25(3,4)24(31)33-21-15-26(34-5,35(6)32)14-17-9-8-16(2)20(23(17)21)11-10-18(27)12-19(28)13-22(29)30;/h16-21,23,27-28H,7-15H2,1-6H3,(H,29,30);/q;+1/p-1/t16-,17-,18+,19-,20-,21-,23-,26?,35?;/m0./s1. The number of carbonyl (C=O) groups is 2. The van der Waals surface area contributed by atoms with Crippen molar-refractivity contribution in [1.29, 1.82) is 0 Å². The second-order valence-electron chi connectivity index (χ2n) is 11.4. The molecule has 0 heterocycles. The van der Waals surface area contributed by atoms with Crippen LogP contribution in [-0.2, 0) is 25.1 Å². The summed E-state index contributed by atoms with van der Waals surface area (Å²) in [6, 6.07) is 0. The number of ether oxygens (including phenoxy) is 1. The Hall–Kier alpha value is -0.0426. The molecular formula is C26H45LiO7S2. The van der Waals surface area contributed by atoms with Crippen molar-refractivity contribution in [2.24, 2.45) is 29.1 Å². The Morgan fingerprint density at radius 2 is 1.86 bits per heavy atom. The first kappa shape index (κ1) is 34.0. The van der Waals surface area contributed by atoms with Crippen molar-refractivity contribution in [2.75, 3.05) is 12.5 Å². The quantitative estimate of drug-likeness (QED) is 0.259. The molecule has 0 aliphatic heterocycles. The van der Waals surface area contributed by atoms with Crippen LogP contribution in [0.1, 0.15) is 85.5 Å². The summed E-state index contributed by atoms with van der Waals surface area (Å²) in [4.78, 5) is 23.9. The number of carboxylic acid groups (broad SMARTS) is 1. The topological polar surface area (TPSA) is 124 Å². The Morgan fingerprint density at radius 1 is 1.22 bits per heavy atom. The van der Waals surface area contributed by atoms with Gasteiger partial charge in [-0.15, -0.1) is 11.8 Å². The molecule has 2 saturated carbocycles. The van der Waals surface area contributed by atoms with Gasteiger partial charge in [-0.25, -0.2) is 0 Å². The Labute approximate surface area is 235 Å². The van der Waals surface area contributed by atoms with Crippen molar-refractivity contribution in [1.82, 2.24) is 0 Å². The van der Waals surface area contributed by atoms with Crippen molar-refractivity contribution in [2.45, 2.75) is 108 Å². The van der Waals surface area contributed by atoms with E-state index in [1.165, 1.54) is 0 Å². The van der Waals surface area contributed by atoms with Gasteiger partial charge >= 0.3 is 24.8 Å². The fourth-order valence-electron chi connectivity index (χ4n) is 6.01. The maximum Gasteiger partial charge on any atom is 1.00 e. The Bertz CT molecular complexity index is 765. The van der Waals surface area contributed by atoms with Gasteiger partial charge in [0.2, 0.25) is 0 Å².